The van der Waals surface area contributed by atoms with Crippen molar-refractivity contribution in [2.24, 2.45) is 0 Å². The maximum atomic E-state index is 12.5. The number of rotatable bonds is 2. The van der Waals surface area contributed by atoms with Crippen LogP contribution < -0.4 is 0 Å². The summed E-state index contributed by atoms with van der Waals surface area (Å²) < 4.78 is 12.5. The Bertz CT molecular complexity index is 264. The monoisotopic (exact) mass is 166 g/mol. The molecule has 1 aromatic carbocycles. The summed E-state index contributed by atoms with van der Waals surface area (Å²) in [4.78, 5) is 0. The van der Waals surface area contributed by atoms with E-state index in [9.17, 15) is 4.39 Å². The van der Waals surface area contributed by atoms with Crippen LogP contribution >= 0.6 is 0 Å². The first kappa shape index (κ1) is 9.24. The van der Waals surface area contributed by atoms with Gasteiger partial charge in [0.2, 0.25) is 0 Å². The molecule has 0 heterocycles. The van der Waals surface area contributed by atoms with Crippen molar-refractivity contribution in [2.75, 3.05) is 0 Å². The third-order valence-corrected chi connectivity index (χ3v) is 2.07. The first-order valence-electron chi connectivity index (χ1n) is 4.30. The summed E-state index contributed by atoms with van der Waals surface area (Å²) in [5.41, 5.74) is 3.17. The summed E-state index contributed by atoms with van der Waals surface area (Å²) in [5, 5.41) is 0. The van der Waals surface area contributed by atoms with Crippen LogP contribution in [0, 0.1) is 6.92 Å². The molecule has 0 atom stereocenters. The molecule has 0 nitrogen and oxygen atoms in total. The molecule has 0 unspecified atom stereocenters. The summed E-state index contributed by atoms with van der Waals surface area (Å²) in [6.07, 6.45) is 0. The highest BCUT2D eigenvalue weighted by molar-refractivity contribution is 5.33. The molecule has 0 aliphatic heterocycles. The lowest BCUT2D eigenvalue weighted by Gasteiger charge is -2.10. The van der Waals surface area contributed by atoms with Gasteiger partial charge in [0.25, 0.3) is 0 Å². The standard InChI is InChI=1S/C11H15F/c1-8(2)11-6-9(3)4-5-10(11)7-12/h4-6,8H,7H2,1-3H3. The number of hydrogen-bond donors (Lipinski definition) is 0. The summed E-state index contributed by atoms with van der Waals surface area (Å²) in [5.74, 6) is 0.413. The van der Waals surface area contributed by atoms with Gasteiger partial charge < -0.3 is 0 Å². The maximum Gasteiger partial charge on any atom is 0.115 e. The Kier molecular flexibility index (Phi) is 2.85. The fourth-order valence-electron chi connectivity index (χ4n) is 1.37. The minimum Gasteiger partial charge on any atom is -0.246 e. The van der Waals surface area contributed by atoms with Gasteiger partial charge in [0.05, 0.1) is 0 Å². The zero-order chi connectivity index (χ0) is 9.14. The predicted octanol–water partition coefficient (Wildman–Crippen LogP) is 3.59. The van der Waals surface area contributed by atoms with E-state index in [1.807, 2.05) is 19.1 Å². The first-order chi connectivity index (χ1) is 5.65. The molecule has 1 heteroatoms. The van der Waals surface area contributed by atoms with E-state index in [0.29, 0.717) is 5.92 Å². The summed E-state index contributed by atoms with van der Waals surface area (Å²) in [7, 11) is 0. The minimum absolute atomic E-state index is 0.353. The lowest BCUT2D eigenvalue weighted by Crippen LogP contribution is -1.94. The van der Waals surface area contributed by atoms with Crippen LogP contribution in [0.3, 0.4) is 0 Å². The number of alkyl halides is 1. The molecule has 0 radical (unpaired) electrons. The van der Waals surface area contributed by atoms with Crippen LogP contribution in [0.4, 0.5) is 4.39 Å². The van der Waals surface area contributed by atoms with Gasteiger partial charge in [0.15, 0.2) is 0 Å². The highest BCUT2D eigenvalue weighted by Gasteiger charge is 2.05. The van der Waals surface area contributed by atoms with Crippen LogP contribution in [0.5, 0.6) is 0 Å². The Hall–Kier alpha value is -0.850. The van der Waals surface area contributed by atoms with Gasteiger partial charge in [-0.3, -0.25) is 0 Å². The van der Waals surface area contributed by atoms with Crippen LogP contribution in [0.15, 0.2) is 18.2 Å². The first-order valence-corrected chi connectivity index (χ1v) is 4.30. The van der Waals surface area contributed by atoms with Crippen molar-refractivity contribution in [1.29, 1.82) is 0 Å². The van der Waals surface area contributed by atoms with Crippen LogP contribution in [-0.2, 0) is 6.67 Å². The van der Waals surface area contributed by atoms with Gasteiger partial charge in [-0.25, -0.2) is 4.39 Å². The van der Waals surface area contributed by atoms with E-state index in [4.69, 9.17) is 0 Å². The van der Waals surface area contributed by atoms with Crippen molar-refractivity contribution in [2.45, 2.75) is 33.4 Å². The van der Waals surface area contributed by atoms with Gasteiger partial charge in [-0.2, -0.15) is 0 Å². The molecule has 0 N–H and O–H groups in total. The molecule has 0 fully saturated rings. The number of hydrogen-bond acceptors (Lipinski definition) is 0. The summed E-state index contributed by atoms with van der Waals surface area (Å²) >= 11 is 0. The number of halogens is 1. The van der Waals surface area contributed by atoms with Crippen LogP contribution in [0.2, 0.25) is 0 Å². The number of aryl methyl sites for hydroxylation is 1. The molecule has 0 saturated heterocycles. The van der Waals surface area contributed by atoms with Crippen molar-refractivity contribution in [1.82, 2.24) is 0 Å². The molecule has 66 valence electrons. The lowest BCUT2D eigenvalue weighted by molar-refractivity contribution is 0.481. The zero-order valence-corrected chi connectivity index (χ0v) is 7.89. The predicted molar refractivity (Wildman–Crippen MR) is 50.1 cm³/mol. The zero-order valence-electron chi connectivity index (χ0n) is 7.89. The normalized spacial score (nSPS) is 10.8. The van der Waals surface area contributed by atoms with Gasteiger partial charge in [-0.15, -0.1) is 0 Å². The third-order valence-electron chi connectivity index (χ3n) is 2.07. The molecule has 1 aromatic rings. The highest BCUT2D eigenvalue weighted by Crippen LogP contribution is 2.21. The van der Waals surface area contributed by atoms with Crippen molar-refractivity contribution < 1.29 is 4.39 Å². The van der Waals surface area contributed by atoms with E-state index in [1.54, 1.807) is 0 Å². The summed E-state index contributed by atoms with van der Waals surface area (Å²) in [6.45, 7) is 5.86. The third kappa shape index (κ3) is 1.84. The van der Waals surface area contributed by atoms with Gasteiger partial charge in [0, 0.05) is 0 Å². The average molecular weight is 166 g/mol. The Labute approximate surface area is 73.4 Å². The van der Waals surface area contributed by atoms with Crippen molar-refractivity contribution in [3.8, 4) is 0 Å². The quantitative estimate of drug-likeness (QED) is 0.629. The largest absolute Gasteiger partial charge is 0.246 e. The lowest BCUT2D eigenvalue weighted by atomic mass is 9.96. The van der Waals surface area contributed by atoms with E-state index in [2.05, 4.69) is 19.9 Å². The second kappa shape index (κ2) is 3.70. The smallest absolute Gasteiger partial charge is 0.115 e. The molecule has 1 rings (SSSR count). The topological polar surface area (TPSA) is 0 Å². The molecule has 0 saturated carbocycles. The van der Waals surface area contributed by atoms with Crippen LogP contribution in [0.1, 0.15) is 36.5 Å². The number of benzene rings is 1. The molecule has 0 aliphatic carbocycles. The maximum absolute atomic E-state index is 12.5. The highest BCUT2D eigenvalue weighted by atomic mass is 19.1. The molecule has 0 bridgehead atoms. The molecule has 0 aromatic heterocycles. The van der Waals surface area contributed by atoms with Crippen LogP contribution in [0.25, 0.3) is 0 Å². The molecule has 0 spiro atoms. The second-order valence-electron chi connectivity index (χ2n) is 3.49. The van der Waals surface area contributed by atoms with Crippen molar-refractivity contribution in [3.05, 3.63) is 34.9 Å². The Balaban J connectivity index is 3.12. The van der Waals surface area contributed by atoms with Gasteiger partial charge in [-0.05, 0) is 24.0 Å². The SMILES string of the molecule is Cc1ccc(CF)c(C(C)C)c1. The fourth-order valence-corrected chi connectivity index (χ4v) is 1.37. The fraction of sp³-hybridized carbons (Fsp3) is 0.455. The Morgan fingerprint density at radius 1 is 1.33 bits per heavy atom. The Morgan fingerprint density at radius 2 is 2.00 bits per heavy atom. The Morgan fingerprint density at radius 3 is 2.50 bits per heavy atom. The van der Waals surface area contributed by atoms with Crippen LogP contribution in [-0.4, -0.2) is 0 Å². The molecular weight excluding hydrogens is 151 g/mol. The van der Waals surface area contributed by atoms with Gasteiger partial charge >= 0.3 is 0 Å². The van der Waals surface area contributed by atoms with Gasteiger partial charge in [-0.1, -0.05) is 37.6 Å². The van der Waals surface area contributed by atoms with E-state index in [-0.39, 0.29) is 6.67 Å². The molecule has 12 heavy (non-hydrogen) atoms. The van der Waals surface area contributed by atoms with E-state index in [0.717, 1.165) is 11.1 Å². The van der Waals surface area contributed by atoms with Gasteiger partial charge in [0.1, 0.15) is 6.67 Å². The minimum atomic E-state index is -0.353. The van der Waals surface area contributed by atoms with E-state index >= 15 is 0 Å². The van der Waals surface area contributed by atoms with Crippen molar-refractivity contribution >= 4 is 0 Å². The average Bonchev–Trinajstić information content (AvgIpc) is 2.04. The van der Waals surface area contributed by atoms with E-state index < -0.39 is 0 Å². The van der Waals surface area contributed by atoms with E-state index in [1.165, 1.54) is 5.56 Å². The molecular formula is C11H15F. The summed E-state index contributed by atoms with van der Waals surface area (Å²) in [6, 6.07) is 5.91. The molecule has 0 amide bonds. The second-order valence-corrected chi connectivity index (χ2v) is 3.49. The van der Waals surface area contributed by atoms with Crippen molar-refractivity contribution in [3.63, 3.8) is 0 Å². The molecule has 0 aliphatic rings.